The Balaban J connectivity index is 0.000000711. The second kappa shape index (κ2) is 26.9. The highest BCUT2D eigenvalue weighted by Gasteiger charge is 2.25. The van der Waals surface area contributed by atoms with Crippen LogP contribution in [0, 0.1) is 0 Å². The first-order chi connectivity index (χ1) is 26.0. The number of anilines is 2. The molecule has 2 aromatic carbocycles. The van der Waals surface area contributed by atoms with Crippen molar-refractivity contribution >= 4 is 29.5 Å². The molecule has 0 aliphatic rings. The summed E-state index contributed by atoms with van der Waals surface area (Å²) in [4.78, 5) is 29.7. The number of aromatic nitrogens is 6. The molecule has 5 N–H and O–H groups in total. The molecule has 0 fully saturated rings. The minimum absolute atomic E-state index is 0. The summed E-state index contributed by atoms with van der Waals surface area (Å²) in [5, 5.41) is 3.12. The molecule has 0 spiro atoms. The summed E-state index contributed by atoms with van der Waals surface area (Å²) in [6, 6.07) is 15.2. The van der Waals surface area contributed by atoms with Crippen LogP contribution in [0.2, 0.25) is 5.15 Å². The smallest absolute Gasteiger partial charge is 0.446 e. The van der Waals surface area contributed by atoms with Crippen LogP contribution in [0.1, 0.15) is 54.9 Å². The Bertz CT molecular complexity index is 1690. The number of nitrogens with two attached hydrogens (primary N) is 2. The number of carbonyl (C=O) groups is 1. The van der Waals surface area contributed by atoms with Gasteiger partial charge < -0.3 is 26.3 Å². The number of ether oxygens (including phenoxy) is 2. The van der Waals surface area contributed by atoms with Gasteiger partial charge in [0.25, 0.3) is 19.3 Å². The molecule has 0 unspecified atom stereocenters. The van der Waals surface area contributed by atoms with Gasteiger partial charge in [0.05, 0.1) is 51.4 Å². The molecule has 0 radical (unpaired) electrons. The molecule has 306 valence electrons. The van der Waals surface area contributed by atoms with E-state index in [0.717, 1.165) is 53.6 Å². The van der Waals surface area contributed by atoms with Gasteiger partial charge in [0, 0.05) is 13.1 Å². The predicted molar refractivity (Wildman–Crippen MR) is 190 cm³/mol. The van der Waals surface area contributed by atoms with Gasteiger partial charge in [0.15, 0.2) is 0 Å². The summed E-state index contributed by atoms with van der Waals surface area (Å²) in [6.45, 7) is 1.12. The molecule has 0 atom stereocenters. The van der Waals surface area contributed by atoms with E-state index in [1.807, 2.05) is 48.5 Å². The van der Waals surface area contributed by atoms with Crippen molar-refractivity contribution in [1.29, 1.82) is 0 Å². The van der Waals surface area contributed by atoms with Crippen molar-refractivity contribution in [3.63, 3.8) is 0 Å². The third-order valence-electron chi connectivity index (χ3n) is 5.84. The molecule has 0 aliphatic carbocycles. The van der Waals surface area contributed by atoms with Crippen LogP contribution < -0.4 is 26.3 Å². The molecular formula is C34H37ClF9N9O3. The van der Waals surface area contributed by atoms with E-state index in [9.17, 15) is 39.5 Å². The summed E-state index contributed by atoms with van der Waals surface area (Å²) in [6.07, 6.45) is -6.99. The maximum atomic E-state index is 12.3. The van der Waals surface area contributed by atoms with Gasteiger partial charge in [0.2, 0.25) is 6.29 Å². The quantitative estimate of drug-likeness (QED) is 0.0954. The number of halogens is 10. The Labute approximate surface area is 320 Å². The number of hydrogen-bond acceptors (Lipinski definition) is 12. The van der Waals surface area contributed by atoms with Crippen molar-refractivity contribution in [1.82, 2.24) is 29.9 Å². The van der Waals surface area contributed by atoms with Gasteiger partial charge in [-0.1, -0.05) is 43.3 Å². The lowest BCUT2D eigenvalue weighted by Crippen LogP contribution is -2.07. The summed E-state index contributed by atoms with van der Waals surface area (Å²) in [7, 11) is 3.25. The number of hydrogen-bond donors (Lipinski definition) is 3. The van der Waals surface area contributed by atoms with Crippen molar-refractivity contribution in [3.05, 3.63) is 119 Å². The van der Waals surface area contributed by atoms with E-state index in [1.54, 1.807) is 14.2 Å². The van der Waals surface area contributed by atoms with Crippen molar-refractivity contribution in [2.45, 2.75) is 46.0 Å². The molecule has 56 heavy (non-hydrogen) atoms. The Morgan fingerprint density at radius 2 is 1.09 bits per heavy atom. The fraction of sp³-hybridized carbons (Fsp3) is 0.265. The highest BCUT2D eigenvalue weighted by molar-refractivity contribution is 6.29. The third-order valence-corrected chi connectivity index (χ3v) is 6.03. The van der Waals surface area contributed by atoms with Crippen molar-refractivity contribution in [2.24, 2.45) is 5.73 Å². The number of carbonyl (C=O) groups excluding carboxylic acids is 1. The maximum Gasteiger partial charge on any atom is 0.446 e. The zero-order valence-electron chi connectivity index (χ0n) is 28.6. The van der Waals surface area contributed by atoms with E-state index in [4.69, 9.17) is 37.3 Å². The average molecular weight is 826 g/mol. The second-order valence-electron chi connectivity index (χ2n) is 9.77. The molecule has 0 amide bonds. The number of methoxy groups -OCH3 is 2. The number of alkyl halides is 9. The first kappa shape index (κ1) is 50.2. The van der Waals surface area contributed by atoms with E-state index in [0.29, 0.717) is 18.9 Å². The lowest BCUT2D eigenvalue weighted by molar-refractivity contribution is -0.156. The van der Waals surface area contributed by atoms with Gasteiger partial charge in [-0.25, -0.2) is 51.3 Å². The highest BCUT2D eigenvalue weighted by atomic mass is 35.5. The van der Waals surface area contributed by atoms with Crippen LogP contribution >= 0.6 is 11.6 Å². The van der Waals surface area contributed by atoms with Crippen molar-refractivity contribution in [2.75, 3.05) is 25.3 Å². The minimum atomic E-state index is -4.64. The average Bonchev–Trinajstić information content (AvgIpc) is 3.18. The largest absolute Gasteiger partial charge is 0.497 e. The van der Waals surface area contributed by atoms with Gasteiger partial charge in [-0.15, -0.1) is 0 Å². The number of aldehydes is 1. The summed E-state index contributed by atoms with van der Waals surface area (Å²) in [5.74, 6) is 2.26. The first-order valence-corrected chi connectivity index (χ1v) is 15.3. The highest BCUT2D eigenvalue weighted by Crippen LogP contribution is 2.18. The molecule has 0 saturated carbocycles. The van der Waals surface area contributed by atoms with E-state index in [1.165, 1.54) is 6.20 Å². The van der Waals surface area contributed by atoms with Crippen molar-refractivity contribution < 1.29 is 53.8 Å². The van der Waals surface area contributed by atoms with Gasteiger partial charge in [-0.2, -0.15) is 13.2 Å². The molecule has 3 aromatic heterocycles. The first-order valence-electron chi connectivity index (χ1n) is 15.0. The topological polar surface area (TPSA) is 177 Å². The monoisotopic (exact) mass is 825 g/mol. The molecule has 0 saturated heterocycles. The molecule has 5 rings (SSSR count). The number of nitrogens with one attached hydrogen (secondary N) is 1. The zero-order valence-corrected chi connectivity index (χ0v) is 29.4. The molecule has 12 nitrogen and oxygen atoms in total. The predicted octanol–water partition coefficient (Wildman–Crippen LogP) is 8.64. The molecule has 5 aromatic rings. The Morgan fingerprint density at radius 3 is 1.41 bits per heavy atom. The molecule has 0 aliphatic heterocycles. The third kappa shape index (κ3) is 21.8. The molecule has 22 heteroatoms. The number of nitrogens with zero attached hydrogens (tertiary/aromatic N) is 6. The van der Waals surface area contributed by atoms with E-state index in [2.05, 4.69) is 35.2 Å². The van der Waals surface area contributed by atoms with Crippen molar-refractivity contribution in [3.8, 4) is 11.5 Å². The van der Waals surface area contributed by atoms with Gasteiger partial charge in [0.1, 0.15) is 45.4 Å². The van der Waals surface area contributed by atoms with Crippen LogP contribution in [0.4, 0.5) is 51.1 Å². The summed E-state index contributed by atoms with van der Waals surface area (Å²) in [5.41, 5.74) is 11.6. The standard InChI is InChI=1S/C13H13F2N3O.C8H11NO.C5H3ClF2N2.C5H5F2N3.C2HF3O.CH4/c1-19-10-4-2-9(3-5-10)6-17-12-8-16-11(7-18-12)13(14)15;1-10-8-4-2-7(6-9)3-5-8;6-4-2-9-3(1-10-4)5(7)8;6-5(7)3-1-10-4(8)2-9-3;3-2(4,5)1-6;/h2-5,7-8,13H,6H2,1H3,(H,17,18);2-5H,6,9H2,1H3;1-2,5H;1-2,5H,(H2,8,10);1H;1H4. The lowest BCUT2D eigenvalue weighted by Gasteiger charge is -2.06. The van der Waals surface area contributed by atoms with Crippen LogP contribution in [-0.4, -0.2) is 56.6 Å². The van der Waals surface area contributed by atoms with E-state index in [-0.39, 0.29) is 35.5 Å². The van der Waals surface area contributed by atoms with Crippen LogP contribution in [0.15, 0.2) is 85.7 Å². The number of nitrogen functional groups attached to an aromatic ring is 1. The molecule has 0 bridgehead atoms. The Morgan fingerprint density at radius 1 is 0.679 bits per heavy atom. The van der Waals surface area contributed by atoms with E-state index >= 15 is 0 Å². The van der Waals surface area contributed by atoms with Crippen LogP contribution in [0.5, 0.6) is 11.5 Å². The lowest BCUT2D eigenvalue weighted by atomic mass is 10.2. The SMILES string of the molecule is C.COc1ccc(CN)cc1.COc1ccc(CNc2cnc(C(F)F)cn2)cc1.FC(F)c1cnc(Cl)cn1.Nc1cnc(C(F)F)cn1.O=CC(F)(F)F. The zero-order chi connectivity index (χ0) is 41.4. The van der Waals surface area contributed by atoms with Crippen LogP contribution in [0.3, 0.4) is 0 Å². The normalized spacial score (nSPS) is 10.1. The Hall–Kier alpha value is -5.83. The van der Waals surface area contributed by atoms with Crippen LogP contribution in [-0.2, 0) is 17.9 Å². The molecule has 3 heterocycles. The van der Waals surface area contributed by atoms with E-state index < -0.39 is 31.7 Å². The maximum absolute atomic E-state index is 12.3. The number of benzene rings is 2. The van der Waals surface area contributed by atoms with Crippen LogP contribution in [0.25, 0.3) is 0 Å². The van der Waals surface area contributed by atoms with Gasteiger partial charge in [-0.3, -0.25) is 9.78 Å². The molecular weight excluding hydrogens is 789 g/mol. The minimum Gasteiger partial charge on any atom is -0.497 e. The summed E-state index contributed by atoms with van der Waals surface area (Å²) < 4.78 is 113. The fourth-order valence-electron chi connectivity index (χ4n) is 3.14. The number of rotatable bonds is 9. The van der Waals surface area contributed by atoms with Gasteiger partial charge >= 0.3 is 6.18 Å². The fourth-order valence-corrected chi connectivity index (χ4v) is 3.23. The van der Waals surface area contributed by atoms with Gasteiger partial charge in [-0.05, 0) is 35.4 Å². The summed E-state index contributed by atoms with van der Waals surface area (Å²) >= 11 is 5.30. The Kier molecular flexibility index (Phi) is 24.1. The second-order valence-corrected chi connectivity index (χ2v) is 10.2.